The summed E-state index contributed by atoms with van der Waals surface area (Å²) in [6.07, 6.45) is 1.80. The van der Waals surface area contributed by atoms with Crippen LogP contribution in [0.3, 0.4) is 0 Å². The van der Waals surface area contributed by atoms with E-state index in [1.54, 1.807) is 35.1 Å². The van der Waals surface area contributed by atoms with E-state index in [0.717, 1.165) is 16.6 Å². The number of fused-ring (bicyclic) bond motifs is 1. The summed E-state index contributed by atoms with van der Waals surface area (Å²) < 4.78 is 1.71. The van der Waals surface area contributed by atoms with Crippen molar-refractivity contribution in [3.05, 3.63) is 77.6 Å². The maximum atomic E-state index is 12.4. The number of anilines is 1. The molecule has 2 aromatic heterocycles. The van der Waals surface area contributed by atoms with Crippen LogP contribution in [0.2, 0.25) is 5.02 Å². The molecule has 0 fully saturated rings. The lowest BCUT2D eigenvalue weighted by atomic mass is 10.2. The lowest BCUT2D eigenvalue weighted by molar-refractivity contribution is 0.102. The number of hydrogen-bond donors (Lipinski definition) is 2. The molecule has 1 amide bonds. The van der Waals surface area contributed by atoms with Gasteiger partial charge in [-0.15, -0.1) is 0 Å². The highest BCUT2D eigenvalue weighted by molar-refractivity contribution is 6.31. The van der Waals surface area contributed by atoms with Crippen molar-refractivity contribution in [1.29, 1.82) is 0 Å². The second kappa shape index (κ2) is 5.86. The molecule has 0 spiro atoms. The summed E-state index contributed by atoms with van der Waals surface area (Å²) in [6, 6.07) is 18.7. The summed E-state index contributed by atoms with van der Waals surface area (Å²) >= 11 is 5.96. The number of hydrogen-bond acceptors (Lipinski definition) is 2. The van der Waals surface area contributed by atoms with Crippen LogP contribution < -0.4 is 5.32 Å². The van der Waals surface area contributed by atoms with E-state index in [9.17, 15) is 4.79 Å². The first-order chi connectivity index (χ1) is 11.7. The highest BCUT2D eigenvalue weighted by atomic mass is 35.5. The van der Waals surface area contributed by atoms with Crippen molar-refractivity contribution < 1.29 is 4.79 Å². The summed E-state index contributed by atoms with van der Waals surface area (Å²) in [5.41, 5.74) is 2.21. The molecule has 0 bridgehead atoms. The Morgan fingerprint density at radius 3 is 2.75 bits per heavy atom. The molecule has 0 aliphatic carbocycles. The summed E-state index contributed by atoms with van der Waals surface area (Å²) in [6.45, 7) is 0. The summed E-state index contributed by atoms with van der Waals surface area (Å²) in [5.74, 6) is 0.237. The Balaban J connectivity index is 1.56. The molecule has 24 heavy (non-hydrogen) atoms. The molecule has 2 aromatic carbocycles. The van der Waals surface area contributed by atoms with Crippen LogP contribution in [0.5, 0.6) is 0 Å². The minimum atomic E-state index is -0.249. The first-order valence-corrected chi connectivity index (χ1v) is 7.77. The lowest BCUT2D eigenvalue weighted by Gasteiger charge is -2.01. The van der Waals surface area contributed by atoms with Gasteiger partial charge < -0.3 is 10.3 Å². The third-order valence-electron chi connectivity index (χ3n) is 3.68. The van der Waals surface area contributed by atoms with Gasteiger partial charge in [0, 0.05) is 28.2 Å². The molecule has 2 heterocycles. The number of H-pyrrole nitrogens is 1. The average Bonchev–Trinajstić information content (AvgIpc) is 3.22. The number of aromatic nitrogens is 3. The van der Waals surface area contributed by atoms with Gasteiger partial charge in [0.2, 0.25) is 0 Å². The first-order valence-electron chi connectivity index (χ1n) is 7.40. The van der Waals surface area contributed by atoms with Gasteiger partial charge in [-0.25, -0.2) is 4.68 Å². The van der Waals surface area contributed by atoms with E-state index < -0.39 is 0 Å². The van der Waals surface area contributed by atoms with Crippen LogP contribution in [-0.2, 0) is 0 Å². The van der Waals surface area contributed by atoms with Crippen molar-refractivity contribution in [2.75, 3.05) is 5.32 Å². The molecule has 2 N–H and O–H groups in total. The van der Waals surface area contributed by atoms with Crippen molar-refractivity contribution in [3.8, 4) is 5.69 Å². The number of aromatic amines is 1. The number of carbonyl (C=O) groups is 1. The van der Waals surface area contributed by atoms with E-state index in [2.05, 4.69) is 15.4 Å². The minimum absolute atomic E-state index is 0.249. The fourth-order valence-corrected chi connectivity index (χ4v) is 2.69. The Bertz CT molecular complexity index is 1020. The molecule has 0 unspecified atom stereocenters. The molecule has 4 rings (SSSR count). The Hall–Kier alpha value is -3.05. The minimum Gasteiger partial charge on any atom is -0.350 e. The Morgan fingerprint density at radius 2 is 1.92 bits per heavy atom. The fourth-order valence-electron chi connectivity index (χ4n) is 2.52. The molecule has 0 radical (unpaired) electrons. The largest absolute Gasteiger partial charge is 0.350 e. The van der Waals surface area contributed by atoms with Crippen LogP contribution in [0.25, 0.3) is 16.6 Å². The molecule has 0 atom stereocenters. The van der Waals surface area contributed by atoms with Crippen molar-refractivity contribution >= 4 is 34.2 Å². The molecule has 0 saturated carbocycles. The molecule has 0 aliphatic heterocycles. The van der Waals surface area contributed by atoms with Gasteiger partial charge in [0.25, 0.3) is 5.91 Å². The maximum absolute atomic E-state index is 12.4. The van der Waals surface area contributed by atoms with E-state index in [-0.39, 0.29) is 5.91 Å². The molecule has 5 nitrogen and oxygen atoms in total. The number of halogens is 1. The Kier molecular flexibility index (Phi) is 3.55. The second-order valence-electron chi connectivity index (χ2n) is 5.35. The van der Waals surface area contributed by atoms with Crippen LogP contribution in [0.15, 0.2) is 66.9 Å². The van der Waals surface area contributed by atoms with Crippen molar-refractivity contribution in [2.24, 2.45) is 0 Å². The van der Waals surface area contributed by atoms with Crippen LogP contribution in [0.1, 0.15) is 10.5 Å². The summed E-state index contributed by atoms with van der Waals surface area (Å²) in [4.78, 5) is 15.5. The van der Waals surface area contributed by atoms with E-state index in [1.165, 1.54) is 0 Å². The summed E-state index contributed by atoms with van der Waals surface area (Å²) in [7, 11) is 0. The average molecular weight is 337 g/mol. The lowest BCUT2D eigenvalue weighted by Crippen LogP contribution is -2.12. The predicted molar refractivity (Wildman–Crippen MR) is 94.8 cm³/mol. The van der Waals surface area contributed by atoms with Gasteiger partial charge in [-0.3, -0.25) is 4.79 Å². The van der Waals surface area contributed by atoms with Crippen LogP contribution in [-0.4, -0.2) is 20.7 Å². The third-order valence-corrected chi connectivity index (χ3v) is 3.92. The number of amides is 1. The zero-order valence-electron chi connectivity index (χ0n) is 12.5. The van der Waals surface area contributed by atoms with Gasteiger partial charge in [0.15, 0.2) is 5.82 Å². The molecule has 0 saturated heterocycles. The van der Waals surface area contributed by atoms with E-state index in [0.29, 0.717) is 16.5 Å². The highest BCUT2D eigenvalue weighted by Gasteiger charge is 2.11. The Morgan fingerprint density at radius 1 is 1.08 bits per heavy atom. The topological polar surface area (TPSA) is 62.7 Å². The standard InChI is InChI=1S/C18H13ClN4O/c19-13-7-6-12-10-16(20-15(12)11-13)18(24)21-17-8-9-23(22-17)14-4-2-1-3-5-14/h1-11,20H,(H,21,22,24). The van der Waals surface area contributed by atoms with Gasteiger partial charge in [0.05, 0.1) is 5.69 Å². The van der Waals surface area contributed by atoms with E-state index in [1.807, 2.05) is 36.4 Å². The predicted octanol–water partition coefficient (Wildman–Crippen LogP) is 4.26. The van der Waals surface area contributed by atoms with Gasteiger partial charge in [-0.05, 0) is 30.3 Å². The third kappa shape index (κ3) is 2.77. The van der Waals surface area contributed by atoms with Gasteiger partial charge in [-0.1, -0.05) is 35.9 Å². The number of rotatable bonds is 3. The van der Waals surface area contributed by atoms with Gasteiger partial charge in [0.1, 0.15) is 5.69 Å². The van der Waals surface area contributed by atoms with Crippen LogP contribution in [0.4, 0.5) is 5.82 Å². The zero-order valence-corrected chi connectivity index (χ0v) is 13.3. The quantitative estimate of drug-likeness (QED) is 0.587. The number of nitrogens with zero attached hydrogens (tertiary/aromatic N) is 2. The fraction of sp³-hybridized carbons (Fsp3) is 0. The molecule has 4 aromatic rings. The van der Waals surface area contributed by atoms with Crippen LogP contribution >= 0.6 is 11.6 Å². The number of benzene rings is 2. The molecule has 6 heteroatoms. The van der Waals surface area contributed by atoms with Crippen molar-refractivity contribution in [1.82, 2.24) is 14.8 Å². The van der Waals surface area contributed by atoms with E-state index >= 15 is 0 Å². The van der Waals surface area contributed by atoms with Gasteiger partial charge in [-0.2, -0.15) is 5.10 Å². The monoisotopic (exact) mass is 336 g/mol. The smallest absolute Gasteiger partial charge is 0.273 e. The molecule has 0 aliphatic rings. The van der Waals surface area contributed by atoms with Crippen LogP contribution in [0, 0.1) is 0 Å². The highest BCUT2D eigenvalue weighted by Crippen LogP contribution is 2.20. The summed E-state index contributed by atoms with van der Waals surface area (Å²) in [5, 5.41) is 8.71. The normalized spacial score (nSPS) is 10.9. The zero-order chi connectivity index (χ0) is 16.5. The number of para-hydroxylation sites is 1. The second-order valence-corrected chi connectivity index (χ2v) is 5.79. The maximum Gasteiger partial charge on any atom is 0.273 e. The molecule has 118 valence electrons. The first kappa shape index (κ1) is 14.5. The number of nitrogens with one attached hydrogen (secondary N) is 2. The molecular weight excluding hydrogens is 324 g/mol. The van der Waals surface area contributed by atoms with Gasteiger partial charge >= 0.3 is 0 Å². The number of carbonyl (C=O) groups excluding carboxylic acids is 1. The van der Waals surface area contributed by atoms with Crippen molar-refractivity contribution in [2.45, 2.75) is 0 Å². The SMILES string of the molecule is O=C(Nc1ccn(-c2ccccc2)n1)c1cc2ccc(Cl)cc2[nH]1. The Labute approximate surface area is 142 Å². The molecular formula is C18H13ClN4O. The van der Waals surface area contributed by atoms with E-state index in [4.69, 9.17) is 11.6 Å². The van der Waals surface area contributed by atoms with Crippen molar-refractivity contribution in [3.63, 3.8) is 0 Å².